The number of nitrogens with zero attached hydrogens (tertiary/aromatic N) is 1. The highest BCUT2D eigenvalue weighted by atomic mass is 32.1. The summed E-state index contributed by atoms with van der Waals surface area (Å²) in [5.74, 6) is 0. The first-order valence-electron chi connectivity index (χ1n) is 4.63. The summed E-state index contributed by atoms with van der Waals surface area (Å²) in [7, 11) is 0. The SMILES string of the molecule is CCc1csc2c1CC(=NO)CC2. The lowest BCUT2D eigenvalue weighted by atomic mass is 9.93. The smallest absolute Gasteiger partial charge is 0.0618 e. The van der Waals surface area contributed by atoms with Gasteiger partial charge in [0.2, 0.25) is 0 Å². The van der Waals surface area contributed by atoms with E-state index >= 15 is 0 Å². The fourth-order valence-corrected chi connectivity index (χ4v) is 2.98. The molecule has 0 aliphatic heterocycles. The molecule has 0 saturated carbocycles. The second-order valence-electron chi connectivity index (χ2n) is 3.36. The highest BCUT2D eigenvalue weighted by Gasteiger charge is 2.18. The molecule has 0 spiro atoms. The van der Waals surface area contributed by atoms with Crippen molar-refractivity contribution in [3.8, 4) is 0 Å². The average molecular weight is 195 g/mol. The Bertz CT molecular complexity index is 327. The zero-order valence-electron chi connectivity index (χ0n) is 7.71. The summed E-state index contributed by atoms with van der Waals surface area (Å²) in [6, 6.07) is 0. The number of hydrogen-bond acceptors (Lipinski definition) is 3. The molecule has 1 heterocycles. The fourth-order valence-electron chi connectivity index (χ4n) is 1.82. The van der Waals surface area contributed by atoms with Crippen LogP contribution in [0.5, 0.6) is 0 Å². The highest BCUT2D eigenvalue weighted by molar-refractivity contribution is 7.10. The van der Waals surface area contributed by atoms with Gasteiger partial charge in [-0.3, -0.25) is 0 Å². The first kappa shape index (κ1) is 8.75. The largest absolute Gasteiger partial charge is 0.411 e. The molecular formula is C10H13NOS. The van der Waals surface area contributed by atoms with Gasteiger partial charge in [0.1, 0.15) is 0 Å². The van der Waals surface area contributed by atoms with Gasteiger partial charge in [-0.25, -0.2) is 0 Å². The monoisotopic (exact) mass is 195 g/mol. The third-order valence-electron chi connectivity index (χ3n) is 2.61. The zero-order valence-corrected chi connectivity index (χ0v) is 8.52. The van der Waals surface area contributed by atoms with Crippen LogP contribution < -0.4 is 0 Å². The predicted octanol–water partition coefficient (Wildman–Crippen LogP) is 2.63. The first-order valence-corrected chi connectivity index (χ1v) is 5.51. The van der Waals surface area contributed by atoms with E-state index in [9.17, 15) is 0 Å². The molecule has 0 amide bonds. The lowest BCUT2D eigenvalue weighted by Gasteiger charge is -2.13. The lowest BCUT2D eigenvalue weighted by Crippen LogP contribution is -2.12. The van der Waals surface area contributed by atoms with E-state index in [4.69, 9.17) is 5.21 Å². The van der Waals surface area contributed by atoms with Gasteiger partial charge >= 0.3 is 0 Å². The van der Waals surface area contributed by atoms with Crippen molar-refractivity contribution in [1.29, 1.82) is 0 Å². The number of fused-ring (bicyclic) bond motifs is 1. The molecule has 3 heteroatoms. The number of oxime groups is 1. The number of aryl methyl sites for hydroxylation is 2. The van der Waals surface area contributed by atoms with Gasteiger partial charge in [0.15, 0.2) is 0 Å². The molecule has 13 heavy (non-hydrogen) atoms. The third kappa shape index (κ3) is 1.48. The van der Waals surface area contributed by atoms with Crippen molar-refractivity contribution in [1.82, 2.24) is 0 Å². The van der Waals surface area contributed by atoms with Crippen molar-refractivity contribution in [2.24, 2.45) is 5.16 Å². The summed E-state index contributed by atoms with van der Waals surface area (Å²) < 4.78 is 0. The highest BCUT2D eigenvalue weighted by Crippen LogP contribution is 2.29. The van der Waals surface area contributed by atoms with Crippen LogP contribution in [0.15, 0.2) is 10.5 Å². The van der Waals surface area contributed by atoms with Gasteiger partial charge in [-0.1, -0.05) is 12.1 Å². The van der Waals surface area contributed by atoms with E-state index in [1.165, 1.54) is 16.0 Å². The van der Waals surface area contributed by atoms with Crippen LogP contribution in [0, 0.1) is 0 Å². The van der Waals surface area contributed by atoms with E-state index in [-0.39, 0.29) is 0 Å². The molecule has 1 aromatic heterocycles. The second-order valence-corrected chi connectivity index (χ2v) is 4.32. The van der Waals surface area contributed by atoms with E-state index in [1.54, 1.807) is 0 Å². The molecule has 0 aromatic carbocycles. The third-order valence-corrected chi connectivity index (χ3v) is 3.75. The normalized spacial score (nSPS) is 19.0. The minimum Gasteiger partial charge on any atom is -0.411 e. The van der Waals surface area contributed by atoms with Crippen LogP contribution in [0.25, 0.3) is 0 Å². The topological polar surface area (TPSA) is 32.6 Å². The molecule has 2 rings (SSSR count). The molecule has 0 fully saturated rings. The summed E-state index contributed by atoms with van der Waals surface area (Å²) in [5, 5.41) is 14.3. The molecule has 0 atom stereocenters. The van der Waals surface area contributed by atoms with Gasteiger partial charge in [0.25, 0.3) is 0 Å². The Labute approximate surface area is 81.9 Å². The molecule has 1 aliphatic carbocycles. The Balaban J connectivity index is 2.35. The van der Waals surface area contributed by atoms with Crippen LogP contribution in [0.2, 0.25) is 0 Å². The Morgan fingerprint density at radius 2 is 2.38 bits per heavy atom. The van der Waals surface area contributed by atoms with Gasteiger partial charge in [0, 0.05) is 11.3 Å². The zero-order chi connectivity index (χ0) is 9.26. The molecule has 1 aliphatic rings. The van der Waals surface area contributed by atoms with Crippen LogP contribution in [0.1, 0.15) is 29.3 Å². The number of rotatable bonds is 1. The molecule has 0 bridgehead atoms. The van der Waals surface area contributed by atoms with Crippen molar-refractivity contribution in [3.05, 3.63) is 21.4 Å². The standard InChI is InChI=1S/C10H13NOS/c1-2-7-6-13-10-4-3-8(11-12)5-9(7)10/h6,12H,2-5H2,1H3. The lowest BCUT2D eigenvalue weighted by molar-refractivity contribution is 0.316. The van der Waals surface area contributed by atoms with Crippen molar-refractivity contribution in [2.75, 3.05) is 0 Å². The molecule has 0 unspecified atom stereocenters. The molecule has 0 saturated heterocycles. The summed E-state index contributed by atoms with van der Waals surface area (Å²) in [5.41, 5.74) is 3.79. The maximum atomic E-state index is 8.71. The van der Waals surface area contributed by atoms with E-state index in [1.807, 2.05) is 11.3 Å². The van der Waals surface area contributed by atoms with Crippen molar-refractivity contribution < 1.29 is 5.21 Å². The Morgan fingerprint density at radius 1 is 1.54 bits per heavy atom. The van der Waals surface area contributed by atoms with Gasteiger partial charge in [-0.15, -0.1) is 11.3 Å². The van der Waals surface area contributed by atoms with E-state index in [0.717, 1.165) is 31.4 Å². The number of thiophene rings is 1. The molecule has 0 radical (unpaired) electrons. The molecular weight excluding hydrogens is 182 g/mol. The van der Waals surface area contributed by atoms with Crippen molar-refractivity contribution in [3.63, 3.8) is 0 Å². The average Bonchev–Trinajstić information content (AvgIpc) is 2.59. The maximum Gasteiger partial charge on any atom is 0.0618 e. The molecule has 2 nitrogen and oxygen atoms in total. The Morgan fingerprint density at radius 3 is 3.08 bits per heavy atom. The summed E-state index contributed by atoms with van der Waals surface area (Å²) in [4.78, 5) is 1.49. The minimum atomic E-state index is 0.860. The minimum absolute atomic E-state index is 0.860. The van der Waals surface area contributed by atoms with Gasteiger partial charge in [-0.2, -0.15) is 0 Å². The molecule has 1 aromatic rings. The summed E-state index contributed by atoms with van der Waals surface area (Å²) >= 11 is 1.85. The van der Waals surface area contributed by atoms with Crippen LogP contribution >= 0.6 is 11.3 Å². The molecule has 1 N–H and O–H groups in total. The Hall–Kier alpha value is -0.830. The van der Waals surface area contributed by atoms with E-state index in [0.29, 0.717) is 0 Å². The van der Waals surface area contributed by atoms with Gasteiger partial charge < -0.3 is 5.21 Å². The van der Waals surface area contributed by atoms with Crippen LogP contribution in [-0.2, 0) is 19.3 Å². The van der Waals surface area contributed by atoms with Crippen molar-refractivity contribution in [2.45, 2.75) is 32.6 Å². The second kappa shape index (κ2) is 3.50. The van der Waals surface area contributed by atoms with Gasteiger partial charge in [0.05, 0.1) is 5.71 Å². The summed E-state index contributed by atoms with van der Waals surface area (Å²) in [6.45, 7) is 2.17. The quantitative estimate of drug-likeness (QED) is 0.542. The molecule has 70 valence electrons. The maximum absolute atomic E-state index is 8.71. The fraction of sp³-hybridized carbons (Fsp3) is 0.500. The van der Waals surface area contributed by atoms with Crippen LogP contribution in [0.4, 0.5) is 0 Å². The number of hydrogen-bond donors (Lipinski definition) is 1. The van der Waals surface area contributed by atoms with E-state index < -0.39 is 0 Å². The Kier molecular flexibility index (Phi) is 2.36. The summed E-state index contributed by atoms with van der Waals surface area (Å²) in [6.07, 6.45) is 3.93. The predicted molar refractivity (Wildman–Crippen MR) is 54.9 cm³/mol. The van der Waals surface area contributed by atoms with Crippen LogP contribution in [-0.4, -0.2) is 10.9 Å². The van der Waals surface area contributed by atoms with Crippen molar-refractivity contribution >= 4 is 17.0 Å². The van der Waals surface area contributed by atoms with Crippen LogP contribution in [0.3, 0.4) is 0 Å². The van der Waals surface area contributed by atoms with E-state index in [2.05, 4.69) is 17.5 Å². The first-order chi connectivity index (χ1) is 6.35. The van der Waals surface area contributed by atoms with Gasteiger partial charge in [-0.05, 0) is 35.8 Å².